The van der Waals surface area contributed by atoms with Crippen LogP contribution in [0.4, 0.5) is 16.4 Å². The van der Waals surface area contributed by atoms with Gasteiger partial charge in [0.1, 0.15) is 11.6 Å². The molecule has 0 aliphatic carbocycles. The van der Waals surface area contributed by atoms with Crippen molar-refractivity contribution in [2.45, 2.75) is 26.7 Å². The molecule has 1 aliphatic heterocycles. The Hall–Kier alpha value is -2.96. The number of carbonyl (C=O) groups is 2. The molecule has 2 N–H and O–H groups in total. The maximum atomic E-state index is 12.5. The van der Waals surface area contributed by atoms with Crippen LogP contribution in [0, 0.1) is 19.8 Å². The Balaban J connectivity index is 1.57. The smallest absolute Gasteiger partial charge is 0.323 e. The number of piperidine rings is 1. The minimum absolute atomic E-state index is 0.104. The van der Waals surface area contributed by atoms with Crippen molar-refractivity contribution in [3.63, 3.8) is 0 Å². The highest BCUT2D eigenvalue weighted by atomic mass is 16.2. The van der Waals surface area contributed by atoms with E-state index in [0.717, 1.165) is 24.0 Å². The fourth-order valence-corrected chi connectivity index (χ4v) is 2.88. The van der Waals surface area contributed by atoms with Crippen LogP contribution in [0.15, 0.2) is 36.7 Å². The SMILES string of the molecule is Cc1ccc(NC(=O)C2CCCN(C(=O)Nc3ccc(C)cn3)C2)nc1. The summed E-state index contributed by atoms with van der Waals surface area (Å²) >= 11 is 0. The number of likely N-dealkylation sites (tertiary alicyclic amines) is 1. The molecule has 0 saturated carbocycles. The van der Waals surface area contributed by atoms with Gasteiger partial charge in [-0.1, -0.05) is 12.1 Å². The van der Waals surface area contributed by atoms with Crippen LogP contribution in [0.1, 0.15) is 24.0 Å². The van der Waals surface area contributed by atoms with Gasteiger partial charge in [-0.15, -0.1) is 0 Å². The lowest BCUT2D eigenvalue weighted by Gasteiger charge is -2.31. The summed E-state index contributed by atoms with van der Waals surface area (Å²) in [4.78, 5) is 35.0. The van der Waals surface area contributed by atoms with Crippen molar-refractivity contribution in [3.8, 4) is 0 Å². The van der Waals surface area contributed by atoms with Gasteiger partial charge in [-0.25, -0.2) is 14.8 Å². The number of rotatable bonds is 3. The number of nitrogens with zero attached hydrogens (tertiary/aromatic N) is 3. The number of aromatic nitrogens is 2. The van der Waals surface area contributed by atoms with Crippen molar-refractivity contribution < 1.29 is 9.59 Å². The number of aryl methyl sites for hydroxylation is 2. The highest BCUT2D eigenvalue weighted by molar-refractivity contribution is 5.93. The number of pyridine rings is 2. The van der Waals surface area contributed by atoms with Crippen LogP contribution in [0.3, 0.4) is 0 Å². The lowest BCUT2D eigenvalue weighted by atomic mass is 9.97. The van der Waals surface area contributed by atoms with Crippen LogP contribution in [0.25, 0.3) is 0 Å². The number of amides is 3. The average Bonchev–Trinajstić information content (AvgIpc) is 2.65. The Morgan fingerprint density at radius 3 is 2.19 bits per heavy atom. The second-order valence-corrected chi connectivity index (χ2v) is 6.65. The third kappa shape index (κ3) is 4.56. The van der Waals surface area contributed by atoms with E-state index < -0.39 is 0 Å². The van der Waals surface area contributed by atoms with Gasteiger partial charge in [0.25, 0.3) is 0 Å². The second-order valence-electron chi connectivity index (χ2n) is 6.65. The fraction of sp³-hybridized carbons (Fsp3) is 0.368. The van der Waals surface area contributed by atoms with Gasteiger partial charge in [0.05, 0.1) is 5.92 Å². The Morgan fingerprint density at radius 2 is 1.62 bits per heavy atom. The van der Waals surface area contributed by atoms with E-state index in [1.807, 2.05) is 26.0 Å². The quantitative estimate of drug-likeness (QED) is 0.888. The molecule has 26 heavy (non-hydrogen) atoms. The number of hydrogen-bond acceptors (Lipinski definition) is 4. The zero-order valence-corrected chi connectivity index (χ0v) is 15.0. The van der Waals surface area contributed by atoms with E-state index in [4.69, 9.17) is 0 Å². The van der Waals surface area contributed by atoms with E-state index in [0.29, 0.717) is 24.7 Å². The molecule has 1 saturated heterocycles. The second kappa shape index (κ2) is 7.95. The van der Waals surface area contributed by atoms with E-state index in [9.17, 15) is 9.59 Å². The van der Waals surface area contributed by atoms with Gasteiger partial charge < -0.3 is 10.2 Å². The molecule has 3 heterocycles. The van der Waals surface area contributed by atoms with Crippen molar-refractivity contribution in [1.82, 2.24) is 14.9 Å². The molecule has 0 aromatic carbocycles. The molecule has 1 atom stereocenters. The third-order valence-corrected chi connectivity index (χ3v) is 4.39. The first-order valence-corrected chi connectivity index (χ1v) is 8.73. The molecule has 1 fully saturated rings. The largest absolute Gasteiger partial charge is 0.324 e. The van der Waals surface area contributed by atoms with Crippen LogP contribution in [-0.2, 0) is 4.79 Å². The molecule has 3 amide bonds. The summed E-state index contributed by atoms with van der Waals surface area (Å²) < 4.78 is 0. The summed E-state index contributed by atoms with van der Waals surface area (Å²) in [5, 5.41) is 5.62. The van der Waals surface area contributed by atoms with E-state index in [1.54, 1.807) is 29.4 Å². The average molecular weight is 353 g/mol. The summed E-state index contributed by atoms with van der Waals surface area (Å²) in [6.07, 6.45) is 4.96. The Kier molecular flexibility index (Phi) is 5.46. The maximum absolute atomic E-state index is 12.5. The molecule has 7 heteroatoms. The molecular weight excluding hydrogens is 330 g/mol. The van der Waals surface area contributed by atoms with Crippen LogP contribution >= 0.6 is 0 Å². The monoisotopic (exact) mass is 353 g/mol. The first-order chi connectivity index (χ1) is 12.5. The van der Waals surface area contributed by atoms with Crippen LogP contribution in [0.5, 0.6) is 0 Å². The first kappa shape index (κ1) is 17.8. The zero-order valence-electron chi connectivity index (χ0n) is 15.0. The van der Waals surface area contributed by atoms with Gasteiger partial charge >= 0.3 is 6.03 Å². The molecule has 2 aromatic rings. The van der Waals surface area contributed by atoms with Gasteiger partial charge in [0.2, 0.25) is 5.91 Å². The number of anilines is 2. The standard InChI is InChI=1S/C19H23N5O2/c1-13-5-7-16(20-10-13)22-18(25)15-4-3-9-24(12-15)19(26)23-17-8-6-14(2)11-21-17/h5-8,10-11,15H,3-4,9,12H2,1-2H3,(H,20,22,25)(H,21,23,26). The fourth-order valence-electron chi connectivity index (χ4n) is 2.88. The first-order valence-electron chi connectivity index (χ1n) is 8.73. The van der Waals surface area contributed by atoms with Crippen LogP contribution in [0.2, 0.25) is 0 Å². The predicted molar refractivity (Wildman–Crippen MR) is 99.9 cm³/mol. The van der Waals surface area contributed by atoms with Crippen molar-refractivity contribution in [3.05, 3.63) is 47.8 Å². The highest BCUT2D eigenvalue weighted by Crippen LogP contribution is 2.19. The van der Waals surface area contributed by atoms with E-state index in [2.05, 4.69) is 20.6 Å². The minimum atomic E-state index is -0.247. The van der Waals surface area contributed by atoms with Gasteiger partial charge in [0.15, 0.2) is 0 Å². The Bertz CT molecular complexity index is 708. The summed E-state index contributed by atoms with van der Waals surface area (Å²) in [7, 11) is 0. The molecule has 1 unspecified atom stereocenters. The molecule has 3 rings (SSSR count). The summed E-state index contributed by atoms with van der Waals surface area (Å²) in [5.74, 6) is 0.693. The third-order valence-electron chi connectivity index (χ3n) is 4.39. The van der Waals surface area contributed by atoms with E-state index >= 15 is 0 Å². The number of nitrogens with one attached hydrogen (secondary N) is 2. The summed E-state index contributed by atoms with van der Waals surface area (Å²) in [6.45, 7) is 4.90. The Morgan fingerprint density at radius 1 is 1.00 bits per heavy atom. The normalized spacial score (nSPS) is 16.8. The molecule has 7 nitrogen and oxygen atoms in total. The maximum Gasteiger partial charge on any atom is 0.323 e. The lowest BCUT2D eigenvalue weighted by molar-refractivity contribution is -0.121. The molecule has 1 aliphatic rings. The van der Waals surface area contributed by atoms with Crippen molar-refractivity contribution >= 4 is 23.6 Å². The molecular formula is C19H23N5O2. The van der Waals surface area contributed by atoms with Crippen molar-refractivity contribution in [2.75, 3.05) is 23.7 Å². The van der Waals surface area contributed by atoms with Crippen LogP contribution in [-0.4, -0.2) is 39.9 Å². The lowest BCUT2D eigenvalue weighted by Crippen LogP contribution is -2.45. The topological polar surface area (TPSA) is 87.2 Å². The summed E-state index contributed by atoms with van der Waals surface area (Å²) in [5.41, 5.74) is 2.07. The minimum Gasteiger partial charge on any atom is -0.324 e. The van der Waals surface area contributed by atoms with Gasteiger partial charge in [-0.2, -0.15) is 0 Å². The molecule has 0 spiro atoms. The van der Waals surface area contributed by atoms with Crippen molar-refractivity contribution in [2.24, 2.45) is 5.92 Å². The number of hydrogen-bond donors (Lipinski definition) is 2. The molecule has 136 valence electrons. The molecule has 2 aromatic heterocycles. The molecule has 0 bridgehead atoms. The van der Waals surface area contributed by atoms with Crippen molar-refractivity contribution in [1.29, 1.82) is 0 Å². The zero-order chi connectivity index (χ0) is 18.5. The van der Waals surface area contributed by atoms with Gasteiger partial charge in [-0.05, 0) is 49.9 Å². The molecule has 0 radical (unpaired) electrons. The van der Waals surface area contributed by atoms with Gasteiger partial charge in [0, 0.05) is 25.5 Å². The Labute approximate surface area is 152 Å². The number of urea groups is 1. The van der Waals surface area contributed by atoms with Gasteiger partial charge in [-0.3, -0.25) is 10.1 Å². The van der Waals surface area contributed by atoms with E-state index in [-0.39, 0.29) is 17.9 Å². The summed E-state index contributed by atoms with van der Waals surface area (Å²) in [6, 6.07) is 7.11. The predicted octanol–water partition coefficient (Wildman–Crippen LogP) is 2.98. The van der Waals surface area contributed by atoms with Crippen LogP contribution < -0.4 is 10.6 Å². The number of carbonyl (C=O) groups excluding carboxylic acids is 2. The van der Waals surface area contributed by atoms with E-state index in [1.165, 1.54) is 0 Å². The highest BCUT2D eigenvalue weighted by Gasteiger charge is 2.28.